The molecular formula is C28H27F2N3O3. The van der Waals surface area contributed by atoms with Gasteiger partial charge in [-0.05, 0) is 73.6 Å². The zero-order valence-corrected chi connectivity index (χ0v) is 19.9. The number of pyridine rings is 1. The molecule has 8 heteroatoms. The number of carbonyl (C=O) groups is 2. The molecule has 2 N–H and O–H groups in total. The van der Waals surface area contributed by atoms with Crippen molar-refractivity contribution >= 4 is 23.3 Å². The second kappa shape index (κ2) is 9.68. The average Bonchev–Trinajstić information content (AvgIpc) is 3.69. The Morgan fingerprint density at radius 3 is 2.47 bits per heavy atom. The van der Waals surface area contributed by atoms with Crippen LogP contribution in [0.2, 0.25) is 0 Å². The van der Waals surface area contributed by atoms with Crippen LogP contribution >= 0.6 is 0 Å². The minimum absolute atomic E-state index is 0.0205. The predicted molar refractivity (Wildman–Crippen MR) is 132 cm³/mol. The smallest absolute Gasteiger partial charge is 0.270 e. The Morgan fingerprint density at radius 2 is 1.69 bits per heavy atom. The van der Waals surface area contributed by atoms with Crippen LogP contribution < -0.4 is 15.4 Å². The Labute approximate surface area is 208 Å². The SMILES string of the molecule is CC(F)(F)c1cccc(NC(=O)C2CCc3ccc(Oc4ccnc(NC(=O)C5CC5)c4)cc3C2)c1. The van der Waals surface area contributed by atoms with E-state index in [4.69, 9.17) is 4.74 Å². The number of halogens is 2. The molecule has 3 aromatic rings. The van der Waals surface area contributed by atoms with Crippen molar-refractivity contribution < 1.29 is 23.1 Å². The Bertz CT molecular complexity index is 1300. The highest BCUT2D eigenvalue weighted by atomic mass is 19.3. The van der Waals surface area contributed by atoms with E-state index in [1.54, 1.807) is 24.4 Å². The van der Waals surface area contributed by atoms with Gasteiger partial charge in [-0.2, -0.15) is 0 Å². The zero-order valence-electron chi connectivity index (χ0n) is 19.9. The van der Waals surface area contributed by atoms with Crippen molar-refractivity contribution in [3.05, 3.63) is 77.5 Å². The van der Waals surface area contributed by atoms with Gasteiger partial charge in [-0.3, -0.25) is 9.59 Å². The maximum atomic E-state index is 13.7. The van der Waals surface area contributed by atoms with Crippen LogP contribution in [0.15, 0.2) is 60.8 Å². The van der Waals surface area contributed by atoms with Crippen molar-refractivity contribution in [3.8, 4) is 11.5 Å². The molecular weight excluding hydrogens is 464 g/mol. The number of benzene rings is 2. The molecule has 1 atom stereocenters. The van der Waals surface area contributed by atoms with E-state index in [1.807, 2.05) is 18.2 Å². The first kappa shape index (κ1) is 23.9. The third-order valence-corrected chi connectivity index (χ3v) is 6.58. The van der Waals surface area contributed by atoms with Crippen molar-refractivity contribution in [2.45, 2.75) is 45.0 Å². The summed E-state index contributed by atoms with van der Waals surface area (Å²) in [5, 5.41) is 5.61. The van der Waals surface area contributed by atoms with Crippen LogP contribution in [0.1, 0.15) is 42.9 Å². The molecule has 0 bridgehead atoms. The monoisotopic (exact) mass is 491 g/mol. The Hall–Kier alpha value is -3.81. The molecule has 1 unspecified atom stereocenters. The maximum absolute atomic E-state index is 13.7. The van der Waals surface area contributed by atoms with E-state index in [-0.39, 0.29) is 29.2 Å². The highest BCUT2D eigenvalue weighted by molar-refractivity contribution is 5.93. The van der Waals surface area contributed by atoms with E-state index in [0.29, 0.717) is 35.8 Å². The number of fused-ring (bicyclic) bond motifs is 1. The number of amides is 2. The lowest BCUT2D eigenvalue weighted by Crippen LogP contribution is -2.28. The van der Waals surface area contributed by atoms with Gasteiger partial charge in [0.25, 0.3) is 5.92 Å². The van der Waals surface area contributed by atoms with Crippen LogP contribution in [0.4, 0.5) is 20.3 Å². The lowest BCUT2D eigenvalue weighted by atomic mass is 9.83. The molecule has 1 saturated carbocycles. The molecule has 0 radical (unpaired) electrons. The van der Waals surface area contributed by atoms with Crippen molar-refractivity contribution in [1.29, 1.82) is 0 Å². The molecule has 5 rings (SSSR count). The molecule has 6 nitrogen and oxygen atoms in total. The van der Waals surface area contributed by atoms with Crippen LogP contribution in [0.3, 0.4) is 0 Å². The number of anilines is 2. The van der Waals surface area contributed by atoms with E-state index in [9.17, 15) is 18.4 Å². The topological polar surface area (TPSA) is 80.3 Å². The highest BCUT2D eigenvalue weighted by Crippen LogP contribution is 2.33. The number of carbonyl (C=O) groups excluding carboxylic acids is 2. The number of aryl methyl sites for hydroxylation is 1. The van der Waals surface area contributed by atoms with Gasteiger partial charge >= 0.3 is 0 Å². The summed E-state index contributed by atoms with van der Waals surface area (Å²) < 4.78 is 33.3. The Morgan fingerprint density at radius 1 is 0.917 bits per heavy atom. The number of nitrogens with one attached hydrogen (secondary N) is 2. The van der Waals surface area contributed by atoms with E-state index < -0.39 is 5.92 Å². The first-order chi connectivity index (χ1) is 17.2. The summed E-state index contributed by atoms with van der Waals surface area (Å²) in [4.78, 5) is 29.1. The fourth-order valence-electron chi connectivity index (χ4n) is 4.39. The number of aromatic nitrogens is 1. The molecule has 1 fully saturated rings. The Kier molecular flexibility index (Phi) is 6.43. The molecule has 0 saturated heterocycles. The van der Waals surface area contributed by atoms with Crippen molar-refractivity contribution in [2.75, 3.05) is 10.6 Å². The second-order valence-corrected chi connectivity index (χ2v) is 9.57. The predicted octanol–water partition coefficient (Wildman–Crippen LogP) is 6.08. The normalized spacial score (nSPS) is 17.1. The first-order valence-corrected chi connectivity index (χ1v) is 12.1. The van der Waals surface area contributed by atoms with E-state index in [1.165, 1.54) is 18.2 Å². The fourth-order valence-corrected chi connectivity index (χ4v) is 4.39. The maximum Gasteiger partial charge on any atom is 0.270 e. The van der Waals surface area contributed by atoms with Gasteiger partial charge in [0.1, 0.15) is 17.3 Å². The summed E-state index contributed by atoms with van der Waals surface area (Å²) in [6, 6.07) is 15.0. The quantitative estimate of drug-likeness (QED) is 0.420. The number of rotatable bonds is 7. The third-order valence-electron chi connectivity index (χ3n) is 6.58. The van der Waals surface area contributed by atoms with Gasteiger partial charge in [0.05, 0.1) is 0 Å². The van der Waals surface area contributed by atoms with Crippen LogP contribution in [-0.4, -0.2) is 16.8 Å². The average molecular weight is 492 g/mol. The number of alkyl halides is 2. The molecule has 36 heavy (non-hydrogen) atoms. The molecule has 2 aliphatic carbocycles. The van der Waals surface area contributed by atoms with Gasteiger partial charge in [-0.15, -0.1) is 0 Å². The largest absolute Gasteiger partial charge is 0.457 e. The molecule has 1 heterocycles. The van der Waals surface area contributed by atoms with Crippen LogP contribution in [0, 0.1) is 11.8 Å². The lowest BCUT2D eigenvalue weighted by Gasteiger charge is -2.24. The summed E-state index contributed by atoms with van der Waals surface area (Å²) in [7, 11) is 0. The van der Waals surface area contributed by atoms with Gasteiger partial charge < -0.3 is 15.4 Å². The summed E-state index contributed by atoms with van der Waals surface area (Å²) in [5.74, 6) is -1.75. The summed E-state index contributed by atoms with van der Waals surface area (Å²) in [6.45, 7) is 0.836. The molecule has 1 aromatic heterocycles. The molecule has 2 aromatic carbocycles. The molecule has 0 spiro atoms. The molecule has 2 amide bonds. The van der Waals surface area contributed by atoms with Gasteiger partial charge in [-0.25, -0.2) is 13.8 Å². The minimum Gasteiger partial charge on any atom is -0.457 e. The summed E-state index contributed by atoms with van der Waals surface area (Å²) in [5.41, 5.74) is 2.40. The van der Waals surface area contributed by atoms with Crippen LogP contribution in [0.25, 0.3) is 0 Å². The zero-order chi connectivity index (χ0) is 25.3. The van der Waals surface area contributed by atoms with Gasteiger partial charge in [0.15, 0.2) is 0 Å². The number of nitrogens with zero attached hydrogens (tertiary/aromatic N) is 1. The third kappa shape index (κ3) is 5.70. The number of ether oxygens (including phenoxy) is 1. The van der Waals surface area contributed by atoms with E-state index >= 15 is 0 Å². The Balaban J connectivity index is 1.24. The van der Waals surface area contributed by atoms with Gasteiger partial charge in [0.2, 0.25) is 11.8 Å². The second-order valence-electron chi connectivity index (χ2n) is 9.57. The molecule has 2 aliphatic rings. The fraction of sp³-hybridized carbons (Fsp3) is 0.321. The minimum atomic E-state index is -2.97. The van der Waals surface area contributed by atoms with Crippen molar-refractivity contribution in [2.24, 2.45) is 11.8 Å². The van der Waals surface area contributed by atoms with Crippen molar-refractivity contribution in [1.82, 2.24) is 4.98 Å². The summed E-state index contributed by atoms with van der Waals surface area (Å²) in [6.07, 6.45) is 5.36. The highest BCUT2D eigenvalue weighted by Gasteiger charge is 2.30. The van der Waals surface area contributed by atoms with Crippen molar-refractivity contribution in [3.63, 3.8) is 0 Å². The standard InChI is InChI=1S/C28H27F2N3O3/c1-28(29,30)21-3-2-4-22(15-21)32-27(35)19-8-5-17-9-10-23(14-20(17)13-19)36-24-11-12-31-25(16-24)33-26(34)18-6-7-18/h2-4,9-12,14-16,18-19H,5-8,13H2,1H3,(H,32,35)(H,31,33,34). The van der Waals surface area contributed by atoms with E-state index in [0.717, 1.165) is 37.3 Å². The first-order valence-electron chi connectivity index (χ1n) is 12.1. The van der Waals surface area contributed by atoms with Gasteiger partial charge in [-0.1, -0.05) is 18.2 Å². The van der Waals surface area contributed by atoms with Crippen LogP contribution in [0.5, 0.6) is 11.5 Å². The lowest BCUT2D eigenvalue weighted by molar-refractivity contribution is -0.120. The molecule has 0 aliphatic heterocycles. The summed E-state index contributed by atoms with van der Waals surface area (Å²) >= 11 is 0. The number of hydrogen-bond acceptors (Lipinski definition) is 4. The van der Waals surface area contributed by atoms with E-state index in [2.05, 4.69) is 15.6 Å². The van der Waals surface area contributed by atoms with Crippen LogP contribution in [-0.2, 0) is 28.4 Å². The van der Waals surface area contributed by atoms with Gasteiger partial charge in [0, 0.05) is 42.3 Å². The molecule has 186 valence electrons. The number of hydrogen-bond donors (Lipinski definition) is 2.